The maximum absolute atomic E-state index is 5.52. The molecule has 0 spiro atoms. The van der Waals surface area contributed by atoms with Crippen LogP contribution in [0.3, 0.4) is 0 Å². The van der Waals surface area contributed by atoms with Crippen LogP contribution in [-0.4, -0.2) is 32.1 Å². The Morgan fingerprint density at radius 1 is 0.952 bits per heavy atom. The summed E-state index contributed by atoms with van der Waals surface area (Å²) in [6.07, 6.45) is 0. The summed E-state index contributed by atoms with van der Waals surface area (Å²) in [6.45, 7) is 18.4. The third kappa shape index (κ3) is 21.4. The Morgan fingerprint density at radius 3 is 1.62 bits per heavy atom. The standard InChI is InChI=1S/C11H16O.C4H11N.2C2H6/c1-9(2)8-12-11-6-4-10(3)5-7-11;1-4-5(2)3;2*1-2/h4-7,9H,8H2,1-3H3;4H2,1-3H3;2*1-2H3. The Hall–Kier alpha value is -1.02. The molecule has 0 aliphatic heterocycles. The van der Waals surface area contributed by atoms with Gasteiger partial charge in [0.1, 0.15) is 5.75 Å². The number of hydrogen-bond donors (Lipinski definition) is 0. The van der Waals surface area contributed by atoms with E-state index in [1.165, 1.54) is 5.56 Å². The van der Waals surface area contributed by atoms with Gasteiger partial charge in [0.15, 0.2) is 0 Å². The van der Waals surface area contributed by atoms with Crippen molar-refractivity contribution in [3.63, 3.8) is 0 Å². The molecule has 0 aliphatic carbocycles. The third-order valence-electron chi connectivity index (χ3n) is 2.24. The molecule has 2 heteroatoms. The first kappa shape index (κ1) is 25.0. The fraction of sp³-hybridized carbons (Fsp3) is 0.684. The summed E-state index contributed by atoms with van der Waals surface area (Å²) in [7, 11) is 4.11. The Labute approximate surface area is 134 Å². The fourth-order valence-electron chi connectivity index (χ4n) is 0.897. The van der Waals surface area contributed by atoms with Crippen molar-refractivity contribution in [2.45, 2.75) is 55.4 Å². The molecular formula is C19H39NO. The minimum atomic E-state index is 0.589. The van der Waals surface area contributed by atoms with Gasteiger partial charge in [-0.05, 0) is 45.6 Å². The summed E-state index contributed by atoms with van der Waals surface area (Å²) >= 11 is 0. The van der Waals surface area contributed by atoms with Crippen LogP contribution in [0.1, 0.15) is 54.0 Å². The Morgan fingerprint density at radius 2 is 1.33 bits per heavy atom. The highest BCUT2D eigenvalue weighted by Crippen LogP contribution is 2.12. The van der Waals surface area contributed by atoms with Gasteiger partial charge in [-0.2, -0.15) is 0 Å². The smallest absolute Gasteiger partial charge is 0.119 e. The lowest BCUT2D eigenvalue weighted by Crippen LogP contribution is -2.08. The zero-order valence-electron chi connectivity index (χ0n) is 16.2. The second-order valence-electron chi connectivity index (χ2n) is 4.91. The van der Waals surface area contributed by atoms with E-state index in [4.69, 9.17) is 4.74 Å². The lowest BCUT2D eigenvalue weighted by molar-refractivity contribution is 0.271. The fourth-order valence-corrected chi connectivity index (χ4v) is 0.897. The van der Waals surface area contributed by atoms with E-state index in [9.17, 15) is 0 Å². The summed E-state index contributed by atoms with van der Waals surface area (Å²) in [5, 5.41) is 0. The number of hydrogen-bond acceptors (Lipinski definition) is 2. The second kappa shape index (κ2) is 19.0. The molecule has 0 unspecified atom stereocenters. The molecule has 0 amide bonds. The molecule has 1 rings (SSSR count). The van der Waals surface area contributed by atoms with Crippen LogP contribution in [0.2, 0.25) is 0 Å². The van der Waals surface area contributed by atoms with Crippen molar-refractivity contribution in [3.05, 3.63) is 29.8 Å². The van der Waals surface area contributed by atoms with E-state index in [-0.39, 0.29) is 0 Å². The van der Waals surface area contributed by atoms with E-state index in [2.05, 4.69) is 58.8 Å². The first-order valence-electron chi connectivity index (χ1n) is 8.29. The Balaban J connectivity index is -0.000000304. The largest absolute Gasteiger partial charge is 0.493 e. The molecule has 0 saturated carbocycles. The maximum atomic E-state index is 5.52. The average molecular weight is 298 g/mol. The van der Waals surface area contributed by atoms with E-state index in [1.54, 1.807) is 0 Å². The van der Waals surface area contributed by atoms with Crippen molar-refractivity contribution in [2.75, 3.05) is 27.2 Å². The van der Waals surface area contributed by atoms with Gasteiger partial charge in [-0.1, -0.05) is 66.2 Å². The number of nitrogens with zero attached hydrogens (tertiary/aromatic N) is 1. The summed E-state index contributed by atoms with van der Waals surface area (Å²) in [6, 6.07) is 8.15. The maximum Gasteiger partial charge on any atom is 0.119 e. The van der Waals surface area contributed by atoms with Gasteiger partial charge in [-0.15, -0.1) is 0 Å². The zero-order chi connectivity index (χ0) is 17.3. The van der Waals surface area contributed by atoms with Crippen LogP contribution in [0.5, 0.6) is 5.75 Å². The van der Waals surface area contributed by atoms with Crippen molar-refractivity contribution < 1.29 is 4.74 Å². The molecule has 0 aliphatic rings. The average Bonchev–Trinajstić information content (AvgIpc) is 2.51. The van der Waals surface area contributed by atoms with Gasteiger partial charge < -0.3 is 9.64 Å². The Bertz CT molecular complexity index is 278. The van der Waals surface area contributed by atoms with Gasteiger partial charge in [0.25, 0.3) is 0 Å². The molecule has 0 bridgehead atoms. The number of aryl methyl sites for hydroxylation is 1. The molecular weight excluding hydrogens is 258 g/mol. The van der Waals surface area contributed by atoms with Crippen molar-refractivity contribution in [1.82, 2.24) is 4.90 Å². The van der Waals surface area contributed by atoms with Crippen molar-refractivity contribution in [1.29, 1.82) is 0 Å². The van der Waals surface area contributed by atoms with Gasteiger partial charge in [-0.3, -0.25) is 0 Å². The summed E-state index contributed by atoms with van der Waals surface area (Å²) in [5.41, 5.74) is 1.27. The highest BCUT2D eigenvalue weighted by Gasteiger charge is 1.95. The van der Waals surface area contributed by atoms with Crippen LogP contribution in [0.4, 0.5) is 0 Å². The van der Waals surface area contributed by atoms with Crippen LogP contribution < -0.4 is 4.74 Å². The van der Waals surface area contributed by atoms with E-state index in [0.29, 0.717) is 5.92 Å². The van der Waals surface area contributed by atoms with Gasteiger partial charge in [0.2, 0.25) is 0 Å². The molecule has 126 valence electrons. The van der Waals surface area contributed by atoms with Crippen molar-refractivity contribution >= 4 is 0 Å². The highest BCUT2D eigenvalue weighted by atomic mass is 16.5. The van der Waals surface area contributed by atoms with Crippen molar-refractivity contribution in [3.8, 4) is 5.75 Å². The predicted molar refractivity (Wildman–Crippen MR) is 98.4 cm³/mol. The molecule has 1 aromatic carbocycles. The predicted octanol–water partition coefficient (Wildman–Crippen LogP) is 5.65. The molecule has 1 aromatic rings. The SMILES string of the molecule is CC.CC.CCN(C)C.Cc1ccc(OCC(C)C)cc1. The first-order valence-corrected chi connectivity index (χ1v) is 8.29. The molecule has 0 aromatic heterocycles. The zero-order valence-corrected chi connectivity index (χ0v) is 16.2. The van der Waals surface area contributed by atoms with E-state index in [1.807, 2.05) is 39.8 Å². The molecule has 21 heavy (non-hydrogen) atoms. The third-order valence-corrected chi connectivity index (χ3v) is 2.24. The van der Waals surface area contributed by atoms with Gasteiger partial charge in [-0.25, -0.2) is 0 Å². The number of ether oxygens (including phenoxy) is 1. The molecule has 0 radical (unpaired) electrons. The Kier molecular flexibility index (Phi) is 22.6. The van der Waals surface area contributed by atoms with Crippen LogP contribution in [0, 0.1) is 12.8 Å². The van der Waals surface area contributed by atoms with E-state index >= 15 is 0 Å². The molecule has 0 N–H and O–H groups in total. The summed E-state index contributed by atoms with van der Waals surface area (Å²) < 4.78 is 5.52. The molecule has 2 nitrogen and oxygen atoms in total. The summed E-state index contributed by atoms with van der Waals surface area (Å²) in [4.78, 5) is 2.12. The first-order chi connectivity index (χ1) is 9.95. The molecule has 0 saturated heterocycles. The van der Waals surface area contributed by atoms with Gasteiger partial charge in [0, 0.05) is 0 Å². The van der Waals surface area contributed by atoms with E-state index in [0.717, 1.165) is 18.9 Å². The molecule has 0 heterocycles. The quantitative estimate of drug-likeness (QED) is 0.712. The summed E-state index contributed by atoms with van der Waals surface area (Å²) in [5.74, 6) is 1.56. The second-order valence-corrected chi connectivity index (χ2v) is 4.91. The normalized spacial score (nSPS) is 8.76. The van der Waals surface area contributed by atoms with Gasteiger partial charge >= 0.3 is 0 Å². The highest BCUT2D eigenvalue weighted by molar-refractivity contribution is 5.26. The van der Waals surface area contributed by atoms with Crippen LogP contribution in [0.25, 0.3) is 0 Å². The van der Waals surface area contributed by atoms with Crippen LogP contribution >= 0.6 is 0 Å². The lowest BCUT2D eigenvalue weighted by Gasteiger charge is -2.08. The number of benzene rings is 1. The molecule has 0 fully saturated rings. The van der Waals surface area contributed by atoms with Crippen LogP contribution in [-0.2, 0) is 0 Å². The van der Waals surface area contributed by atoms with Crippen molar-refractivity contribution in [2.24, 2.45) is 5.92 Å². The van der Waals surface area contributed by atoms with Gasteiger partial charge in [0.05, 0.1) is 6.61 Å². The minimum absolute atomic E-state index is 0.589. The monoisotopic (exact) mass is 297 g/mol. The number of rotatable bonds is 4. The minimum Gasteiger partial charge on any atom is -0.493 e. The molecule has 0 atom stereocenters. The lowest BCUT2D eigenvalue weighted by atomic mass is 10.2. The van der Waals surface area contributed by atoms with E-state index < -0.39 is 0 Å². The van der Waals surface area contributed by atoms with Crippen LogP contribution in [0.15, 0.2) is 24.3 Å². The topological polar surface area (TPSA) is 12.5 Å².